The molecule has 1 aromatic heterocycles. The lowest BCUT2D eigenvalue weighted by Gasteiger charge is -2.28. The minimum atomic E-state index is -0.584. The number of anilines is 3. The molecule has 1 radical (unpaired) electrons. The predicted molar refractivity (Wildman–Crippen MR) is 118 cm³/mol. The quantitative estimate of drug-likeness (QED) is 0.671. The van der Waals surface area contributed by atoms with Gasteiger partial charge in [-0.3, -0.25) is 9.59 Å². The Morgan fingerprint density at radius 1 is 1.23 bits per heavy atom. The van der Waals surface area contributed by atoms with Crippen molar-refractivity contribution < 1.29 is 9.59 Å². The van der Waals surface area contributed by atoms with Gasteiger partial charge in [-0.2, -0.15) is 0 Å². The zero-order valence-corrected chi connectivity index (χ0v) is 17.0. The molecule has 0 fully saturated rings. The summed E-state index contributed by atoms with van der Waals surface area (Å²) in [4.78, 5) is 34.8. The van der Waals surface area contributed by atoms with Gasteiger partial charge in [-0.1, -0.05) is 35.9 Å². The van der Waals surface area contributed by atoms with Crippen LogP contribution in [0.2, 0.25) is 5.02 Å². The summed E-state index contributed by atoms with van der Waals surface area (Å²) in [5.41, 5.74) is 3.59. The highest BCUT2D eigenvalue weighted by Gasteiger charge is 2.25. The van der Waals surface area contributed by atoms with E-state index < -0.39 is 5.92 Å². The molecular weight excluding hydrogens is 402 g/mol. The first kappa shape index (κ1) is 19.8. The smallest absolute Gasteiger partial charge is 0.245 e. The van der Waals surface area contributed by atoms with Crippen LogP contribution in [0.3, 0.4) is 0 Å². The molecule has 4 rings (SSSR count). The van der Waals surface area contributed by atoms with Gasteiger partial charge in [0.2, 0.25) is 11.8 Å². The summed E-state index contributed by atoms with van der Waals surface area (Å²) >= 11 is 5.91. The fourth-order valence-corrected chi connectivity index (χ4v) is 3.46. The largest absolute Gasteiger partial charge is 0.361 e. The maximum Gasteiger partial charge on any atom is 0.245 e. The van der Waals surface area contributed by atoms with Gasteiger partial charge in [-0.25, -0.2) is 9.97 Å². The van der Waals surface area contributed by atoms with Crippen LogP contribution in [0.15, 0.2) is 54.9 Å². The van der Waals surface area contributed by atoms with Crippen molar-refractivity contribution in [3.05, 3.63) is 72.4 Å². The fraction of sp³-hybridized carbons (Fsp3) is 0.136. The van der Waals surface area contributed by atoms with Crippen molar-refractivity contribution in [2.24, 2.45) is 0 Å². The second-order valence-electron chi connectivity index (χ2n) is 7.00. The van der Waals surface area contributed by atoms with Crippen molar-refractivity contribution in [2.45, 2.75) is 5.92 Å². The lowest BCUT2D eigenvalue weighted by Crippen LogP contribution is -2.36. The normalized spacial score (nSPS) is 14.0. The number of carbonyl (C=O) groups is 2. The van der Waals surface area contributed by atoms with Crippen LogP contribution in [0.5, 0.6) is 0 Å². The maximum absolute atomic E-state index is 12.7. The van der Waals surface area contributed by atoms with E-state index in [4.69, 9.17) is 11.6 Å². The molecule has 0 spiro atoms. The average molecular weight is 421 g/mol. The summed E-state index contributed by atoms with van der Waals surface area (Å²) in [6.07, 6.45) is 1.41. The first-order chi connectivity index (χ1) is 14.4. The van der Waals surface area contributed by atoms with E-state index in [0.717, 1.165) is 16.8 Å². The van der Waals surface area contributed by atoms with Gasteiger partial charge < -0.3 is 15.5 Å². The number of likely N-dealkylation sites (N-methyl/N-ethyl adjacent to an activating group) is 1. The molecule has 0 saturated carbocycles. The zero-order valence-electron chi connectivity index (χ0n) is 16.2. The van der Waals surface area contributed by atoms with Crippen LogP contribution in [0.1, 0.15) is 11.5 Å². The number of hydrogen-bond acceptors (Lipinski definition) is 5. The van der Waals surface area contributed by atoms with Gasteiger partial charge in [-0.15, -0.1) is 0 Å². The van der Waals surface area contributed by atoms with Crippen LogP contribution in [-0.4, -0.2) is 35.4 Å². The summed E-state index contributed by atoms with van der Waals surface area (Å²) in [7, 11) is 1.82. The van der Waals surface area contributed by atoms with Gasteiger partial charge >= 0.3 is 0 Å². The van der Waals surface area contributed by atoms with E-state index in [1.165, 1.54) is 6.33 Å². The van der Waals surface area contributed by atoms with Crippen molar-refractivity contribution in [1.29, 1.82) is 0 Å². The Balaban J connectivity index is 1.60. The number of nitrogens with one attached hydrogen (secondary N) is 2. The molecule has 2 heterocycles. The minimum Gasteiger partial charge on any atom is -0.361 e. The molecule has 151 valence electrons. The third-order valence-corrected chi connectivity index (χ3v) is 5.09. The first-order valence-corrected chi connectivity index (χ1v) is 9.66. The lowest BCUT2D eigenvalue weighted by atomic mass is 10.0. The van der Waals surface area contributed by atoms with Crippen molar-refractivity contribution in [3.8, 4) is 11.3 Å². The summed E-state index contributed by atoms with van der Waals surface area (Å²) in [5, 5.41) is 6.27. The van der Waals surface area contributed by atoms with Crippen molar-refractivity contribution in [1.82, 2.24) is 9.97 Å². The Morgan fingerprint density at radius 3 is 2.77 bits per heavy atom. The van der Waals surface area contributed by atoms with Gasteiger partial charge in [0, 0.05) is 23.3 Å². The number of benzene rings is 2. The molecular formula is C22H19ClN5O2. The van der Waals surface area contributed by atoms with Crippen LogP contribution >= 0.6 is 11.6 Å². The van der Waals surface area contributed by atoms with Gasteiger partial charge in [0.15, 0.2) is 5.82 Å². The van der Waals surface area contributed by atoms with Crippen molar-refractivity contribution in [2.75, 3.05) is 29.1 Å². The molecule has 8 heteroatoms. The van der Waals surface area contributed by atoms with Crippen LogP contribution in [0, 0.1) is 6.92 Å². The van der Waals surface area contributed by atoms with E-state index in [0.29, 0.717) is 22.2 Å². The number of hydrogen-bond donors (Lipinski definition) is 2. The van der Waals surface area contributed by atoms with Gasteiger partial charge in [0.05, 0.1) is 18.2 Å². The maximum atomic E-state index is 12.7. The molecule has 3 aromatic rings. The number of fused-ring (bicyclic) bond motifs is 1. The Labute approximate surface area is 179 Å². The number of aromatic nitrogens is 2. The van der Waals surface area contributed by atoms with Crippen LogP contribution < -0.4 is 15.5 Å². The van der Waals surface area contributed by atoms with E-state index in [1.807, 2.05) is 25.2 Å². The number of rotatable bonds is 4. The highest BCUT2D eigenvalue weighted by atomic mass is 35.5. The van der Waals surface area contributed by atoms with E-state index in [1.54, 1.807) is 35.2 Å². The van der Waals surface area contributed by atoms with Gasteiger partial charge in [0.1, 0.15) is 12.0 Å². The lowest BCUT2D eigenvalue weighted by molar-refractivity contribution is -0.117. The SMILES string of the molecule is [CH2][C@H](C(=O)Nc1cccc(-c2ncnc3c2N(C)CC(=O)N3)c1)c1ccc(Cl)cc1. The van der Waals surface area contributed by atoms with Crippen LogP contribution in [0.25, 0.3) is 11.3 Å². The van der Waals surface area contributed by atoms with Crippen LogP contribution in [-0.2, 0) is 9.59 Å². The summed E-state index contributed by atoms with van der Waals surface area (Å²) in [6, 6.07) is 14.4. The molecule has 1 aliphatic rings. The highest BCUT2D eigenvalue weighted by Crippen LogP contribution is 2.36. The monoisotopic (exact) mass is 420 g/mol. The Hall–Kier alpha value is -3.45. The van der Waals surface area contributed by atoms with E-state index in [2.05, 4.69) is 27.5 Å². The molecule has 2 aromatic carbocycles. The number of nitrogens with zero attached hydrogens (tertiary/aromatic N) is 3. The average Bonchev–Trinajstić information content (AvgIpc) is 2.73. The van der Waals surface area contributed by atoms with Crippen molar-refractivity contribution >= 4 is 40.6 Å². The Kier molecular flexibility index (Phi) is 5.37. The van der Waals surface area contributed by atoms with Crippen LogP contribution in [0.4, 0.5) is 17.2 Å². The Bertz CT molecular complexity index is 1120. The molecule has 0 saturated heterocycles. The molecule has 2 N–H and O–H groups in total. The minimum absolute atomic E-state index is 0.126. The molecule has 7 nitrogen and oxygen atoms in total. The Morgan fingerprint density at radius 2 is 2.00 bits per heavy atom. The third-order valence-electron chi connectivity index (χ3n) is 4.84. The first-order valence-electron chi connectivity index (χ1n) is 9.28. The van der Waals surface area contributed by atoms with E-state index >= 15 is 0 Å². The molecule has 1 atom stereocenters. The second kappa shape index (κ2) is 8.12. The summed E-state index contributed by atoms with van der Waals surface area (Å²) in [6.45, 7) is 4.18. The van der Waals surface area contributed by atoms with Crippen molar-refractivity contribution in [3.63, 3.8) is 0 Å². The number of carbonyl (C=O) groups excluding carboxylic acids is 2. The molecule has 1 aliphatic heterocycles. The van der Waals surface area contributed by atoms with E-state index in [-0.39, 0.29) is 18.4 Å². The molecule has 0 aliphatic carbocycles. The topological polar surface area (TPSA) is 87.2 Å². The molecule has 2 amide bonds. The highest BCUT2D eigenvalue weighted by molar-refractivity contribution is 6.30. The van der Waals surface area contributed by atoms with Gasteiger partial charge in [-0.05, 0) is 36.8 Å². The second-order valence-corrected chi connectivity index (χ2v) is 7.43. The molecule has 0 bridgehead atoms. The standard InChI is InChI=1S/C22H19ClN5O2/c1-13(14-6-8-16(23)9-7-14)22(30)26-17-5-3-4-15(10-17)19-20-21(25-12-24-19)27-18(29)11-28(20)2/h3-10,12-13H,1,11H2,2H3,(H,26,30)(H,24,25,27,29)/t13-/m0/s1. The molecule has 30 heavy (non-hydrogen) atoms. The third kappa shape index (κ3) is 3.97. The predicted octanol–water partition coefficient (Wildman–Crippen LogP) is 3.74. The van der Waals surface area contributed by atoms with E-state index in [9.17, 15) is 9.59 Å². The number of halogens is 1. The number of amides is 2. The zero-order chi connectivity index (χ0) is 21.3. The fourth-order valence-electron chi connectivity index (χ4n) is 3.33. The van der Waals surface area contributed by atoms with Gasteiger partial charge in [0.25, 0.3) is 0 Å². The summed E-state index contributed by atoms with van der Waals surface area (Å²) < 4.78 is 0. The molecule has 0 unspecified atom stereocenters. The summed E-state index contributed by atoms with van der Waals surface area (Å²) in [5.74, 6) is -0.476.